The molecule has 26 heteroatoms. The summed E-state index contributed by atoms with van der Waals surface area (Å²) in [4.78, 5) is 149. The minimum atomic E-state index is -1.75. The zero-order chi connectivity index (χ0) is 53.0. The van der Waals surface area contributed by atoms with Gasteiger partial charge in [-0.25, -0.2) is 0 Å². The number of carbonyl (C=O) groups excluding carboxylic acids is 11. The van der Waals surface area contributed by atoms with Crippen molar-refractivity contribution >= 4 is 86.6 Å². The summed E-state index contributed by atoms with van der Waals surface area (Å²) in [6.07, 6.45) is 0.157. The van der Waals surface area contributed by atoms with E-state index in [1.54, 1.807) is 39.8 Å². The first kappa shape index (κ1) is 59.2. The van der Waals surface area contributed by atoms with Gasteiger partial charge < -0.3 is 70.2 Å². The quantitative estimate of drug-likeness (QED) is 0.0496. The number of phenols is 1. The van der Waals surface area contributed by atoms with Crippen molar-refractivity contribution in [2.75, 3.05) is 25.4 Å². The lowest BCUT2D eigenvalue weighted by Gasteiger charge is -2.32. The number of phenolic OH excluding ortho intramolecular Hbond substituents is 1. The fraction of sp³-hybridized carbons (Fsp3) is 0.622. The Morgan fingerprint density at radius 2 is 1.49 bits per heavy atom. The number of amides is 11. The smallest absolute Gasteiger partial charge is 0.246 e. The van der Waals surface area contributed by atoms with Gasteiger partial charge in [-0.3, -0.25) is 52.7 Å². The van der Waals surface area contributed by atoms with Gasteiger partial charge in [0.15, 0.2) is 0 Å². The lowest BCUT2D eigenvalue weighted by atomic mass is 9.96. The van der Waals surface area contributed by atoms with Crippen LogP contribution in [0.2, 0.25) is 0 Å². The number of hydrogen-bond acceptors (Lipinski definition) is 15. The number of hydrogen-bond donors (Lipinski definition) is 12. The Morgan fingerprint density at radius 1 is 0.845 bits per heavy atom. The number of benzene rings is 1. The molecule has 24 nitrogen and oxygen atoms in total. The molecule has 0 bridgehead atoms. The van der Waals surface area contributed by atoms with Gasteiger partial charge in [0.2, 0.25) is 65.0 Å². The molecule has 2 aliphatic rings. The standard InChI is InChI=1S/C45H70N12O12S2/c1-5-24(2)37-43(68)53-28(15-16-33(47)59)39(64)54-30(20-34(48)60)40(65)55-31(23-70-71-45(3,4)21-36(62)51-29(41(66)56-37)19-25-11-13-26(58)14-12-25)44(69)57-18-8-10-32(57)42(67)52-27(9-6-7-17-46)38(63)50-22-35(49)61/h11-14,24,27-32,37,58H,5-10,15-23,46H2,1-4H3,(H2,47,59)(H2,48,60)(H2,49,61)(H,50,63)(H,51,62)(H,52,67)(H,53,68)(H,54,64)(H,55,65)(H,56,66)/t24-,27-,28?,29-,30-,31-,32-,37-/m0/s1. The van der Waals surface area contributed by atoms with Gasteiger partial charge in [-0.2, -0.15) is 0 Å². The molecular weight excluding hydrogens is 965 g/mol. The Labute approximate surface area is 420 Å². The molecule has 1 aromatic rings. The van der Waals surface area contributed by atoms with E-state index in [1.165, 1.54) is 27.8 Å². The van der Waals surface area contributed by atoms with E-state index in [0.717, 1.165) is 10.8 Å². The molecule has 0 radical (unpaired) electrons. The third-order valence-corrected chi connectivity index (χ3v) is 15.0. The van der Waals surface area contributed by atoms with Crippen LogP contribution in [0, 0.1) is 5.92 Å². The SMILES string of the molecule is CC[C@H](C)[C@@H]1NC(=O)[C@H](Cc2ccc(O)cc2)NC(=O)CC(C)(C)SSC[C@@H](C(=O)N2CCC[C@H]2C(=O)N[C@@H](CCCCN)C(=O)NCC(N)=O)NC(=O)[C@H](CC(N)=O)NC(=O)C(CCC(N)=O)NC1=O. The Morgan fingerprint density at radius 3 is 2.11 bits per heavy atom. The highest BCUT2D eigenvalue weighted by molar-refractivity contribution is 8.77. The zero-order valence-electron chi connectivity index (χ0n) is 40.5. The van der Waals surface area contributed by atoms with Crippen LogP contribution in [0.15, 0.2) is 24.3 Å². The molecular formula is C45H70N12O12S2. The Balaban J connectivity index is 2.08. The zero-order valence-corrected chi connectivity index (χ0v) is 42.2. The largest absolute Gasteiger partial charge is 0.508 e. The lowest BCUT2D eigenvalue weighted by molar-refractivity contribution is -0.142. The Hall–Kier alpha value is -6.15. The van der Waals surface area contributed by atoms with E-state index < -0.39 is 137 Å². The van der Waals surface area contributed by atoms with E-state index in [4.69, 9.17) is 22.9 Å². The van der Waals surface area contributed by atoms with Crippen LogP contribution >= 0.6 is 21.6 Å². The van der Waals surface area contributed by atoms with Crippen molar-refractivity contribution in [3.8, 4) is 5.75 Å². The molecule has 2 aliphatic heterocycles. The predicted octanol–water partition coefficient (Wildman–Crippen LogP) is -2.68. The van der Waals surface area contributed by atoms with Gasteiger partial charge in [-0.05, 0) is 82.5 Å². The minimum absolute atomic E-state index is 0.0307. The highest BCUT2D eigenvalue weighted by Crippen LogP contribution is 2.39. The number of nitrogens with two attached hydrogens (primary N) is 4. The first-order valence-corrected chi connectivity index (χ1v) is 25.8. The molecule has 1 unspecified atom stereocenters. The van der Waals surface area contributed by atoms with E-state index >= 15 is 0 Å². The van der Waals surface area contributed by atoms with E-state index in [0.29, 0.717) is 37.8 Å². The van der Waals surface area contributed by atoms with Crippen LogP contribution in [0.25, 0.3) is 0 Å². The summed E-state index contributed by atoms with van der Waals surface area (Å²) in [7, 11) is 2.26. The second-order valence-electron chi connectivity index (χ2n) is 18.2. The van der Waals surface area contributed by atoms with Gasteiger partial charge in [0.05, 0.1) is 13.0 Å². The van der Waals surface area contributed by atoms with Crippen molar-refractivity contribution in [2.45, 2.75) is 145 Å². The summed E-state index contributed by atoms with van der Waals surface area (Å²) in [6, 6.07) is -3.61. The van der Waals surface area contributed by atoms with Crippen molar-refractivity contribution < 1.29 is 57.8 Å². The topological polar surface area (TPSA) is 400 Å². The van der Waals surface area contributed by atoms with Crippen LogP contribution in [0.4, 0.5) is 0 Å². The molecule has 1 aromatic carbocycles. The van der Waals surface area contributed by atoms with Gasteiger partial charge >= 0.3 is 0 Å². The van der Waals surface area contributed by atoms with Gasteiger partial charge in [0.25, 0.3) is 0 Å². The number of nitrogens with zero attached hydrogens (tertiary/aromatic N) is 1. The molecule has 8 atom stereocenters. The summed E-state index contributed by atoms with van der Waals surface area (Å²) in [5.74, 6) is -9.85. The van der Waals surface area contributed by atoms with Crippen LogP contribution in [0.3, 0.4) is 0 Å². The Kier molecular flexibility index (Phi) is 23.9. The molecule has 16 N–H and O–H groups in total. The maximum absolute atomic E-state index is 14.6. The van der Waals surface area contributed by atoms with Gasteiger partial charge in [-0.1, -0.05) is 54.0 Å². The van der Waals surface area contributed by atoms with Crippen LogP contribution in [-0.4, -0.2) is 147 Å². The predicted molar refractivity (Wildman–Crippen MR) is 264 cm³/mol. The molecule has 3 rings (SSSR count). The van der Waals surface area contributed by atoms with Crippen LogP contribution < -0.4 is 60.2 Å². The van der Waals surface area contributed by atoms with Crippen molar-refractivity contribution in [1.82, 2.24) is 42.1 Å². The summed E-state index contributed by atoms with van der Waals surface area (Å²) < 4.78 is -0.904. The second-order valence-corrected chi connectivity index (χ2v) is 21.3. The molecule has 2 saturated heterocycles. The fourth-order valence-corrected chi connectivity index (χ4v) is 10.4. The average molecular weight is 1040 g/mol. The van der Waals surface area contributed by atoms with Gasteiger partial charge in [0.1, 0.15) is 48.0 Å². The van der Waals surface area contributed by atoms with Crippen molar-refractivity contribution in [1.29, 1.82) is 0 Å². The molecule has 0 aliphatic carbocycles. The van der Waals surface area contributed by atoms with Gasteiger partial charge in [0, 0.05) is 36.3 Å². The lowest BCUT2D eigenvalue weighted by Crippen LogP contribution is -2.61. The van der Waals surface area contributed by atoms with E-state index in [9.17, 15) is 57.8 Å². The summed E-state index contributed by atoms with van der Waals surface area (Å²) in [5, 5.41) is 28.0. The van der Waals surface area contributed by atoms with Crippen molar-refractivity contribution in [2.24, 2.45) is 28.9 Å². The molecule has 0 spiro atoms. The number of likely N-dealkylation sites (tertiary alicyclic amines) is 1. The summed E-state index contributed by atoms with van der Waals surface area (Å²) in [5.41, 5.74) is 22.4. The molecule has 0 saturated carbocycles. The highest BCUT2D eigenvalue weighted by Gasteiger charge is 2.41. The maximum Gasteiger partial charge on any atom is 0.246 e. The van der Waals surface area contributed by atoms with Crippen LogP contribution in [0.5, 0.6) is 5.75 Å². The Bertz CT molecular complexity index is 2100. The monoisotopic (exact) mass is 1030 g/mol. The van der Waals surface area contributed by atoms with E-state index in [-0.39, 0.29) is 50.2 Å². The maximum atomic E-state index is 14.6. The molecule has 0 aromatic heterocycles. The third-order valence-electron chi connectivity index (χ3n) is 11.7. The second kappa shape index (κ2) is 28.6. The van der Waals surface area contributed by atoms with E-state index in [1.807, 2.05) is 0 Å². The van der Waals surface area contributed by atoms with Crippen molar-refractivity contribution in [3.05, 3.63) is 29.8 Å². The first-order valence-electron chi connectivity index (χ1n) is 23.5. The number of unbranched alkanes of at least 4 members (excludes halogenated alkanes) is 1. The number of primary amides is 3. The highest BCUT2D eigenvalue weighted by atomic mass is 33.1. The third kappa shape index (κ3) is 19.9. The molecule has 2 fully saturated rings. The molecule has 71 heavy (non-hydrogen) atoms. The van der Waals surface area contributed by atoms with Gasteiger partial charge in [-0.15, -0.1) is 0 Å². The summed E-state index contributed by atoms with van der Waals surface area (Å²) in [6.45, 7) is 6.79. The van der Waals surface area contributed by atoms with Crippen LogP contribution in [-0.2, 0) is 59.2 Å². The number of nitrogens with one attached hydrogen (secondary N) is 7. The van der Waals surface area contributed by atoms with Crippen molar-refractivity contribution in [3.63, 3.8) is 0 Å². The summed E-state index contributed by atoms with van der Waals surface area (Å²) >= 11 is 0. The normalized spacial score (nSPS) is 23.6. The number of rotatable bonds is 19. The fourth-order valence-electron chi connectivity index (χ4n) is 7.73. The first-order chi connectivity index (χ1) is 33.4. The minimum Gasteiger partial charge on any atom is -0.508 e. The molecule has 11 amide bonds. The number of carbonyl (C=O) groups is 11. The van der Waals surface area contributed by atoms with Crippen LogP contribution in [0.1, 0.15) is 97.5 Å². The number of aromatic hydroxyl groups is 1. The molecule has 2 heterocycles. The van der Waals surface area contributed by atoms with E-state index in [2.05, 4.69) is 37.2 Å². The molecule has 394 valence electrons. The average Bonchev–Trinajstić information content (AvgIpc) is 3.80.